The van der Waals surface area contributed by atoms with Crippen LogP contribution in [0.15, 0.2) is 142 Å². The molecule has 2 aliphatic rings. The monoisotopic (exact) mass is 871 g/mol. The summed E-state index contributed by atoms with van der Waals surface area (Å²) in [6.45, 7) is 16.6. The lowest BCUT2D eigenvalue weighted by molar-refractivity contribution is 0.332. The summed E-state index contributed by atoms with van der Waals surface area (Å²) in [4.78, 5) is 0. The van der Waals surface area contributed by atoms with Gasteiger partial charge in [-0.3, -0.25) is 0 Å². The molecule has 0 bridgehead atoms. The van der Waals surface area contributed by atoms with Gasteiger partial charge < -0.3 is 18.7 Å². The molecule has 0 fully saturated rings. The minimum absolute atomic E-state index is 0.0386. The number of hydrogen-bond donors (Lipinski definition) is 1. The third kappa shape index (κ3) is 5.28. The Bertz CT molecular complexity index is 4090. The SMILES string of the molecule is CC(C)(C)c1ccc(Nc2cc3oc4ccccc4c3cc2-c2c3c4c(c5cc6c(cc5n4-c4cc5c(cc4[B]3)oc3ccccc35)C(C)(C)CCC6(C)C)c3c2sc2ccccc23)cc1. The van der Waals surface area contributed by atoms with E-state index < -0.39 is 0 Å². The molecule has 0 amide bonds. The van der Waals surface area contributed by atoms with Crippen LogP contribution in [0.4, 0.5) is 11.4 Å². The van der Waals surface area contributed by atoms with E-state index in [0.717, 1.165) is 79.1 Å². The van der Waals surface area contributed by atoms with Crippen LogP contribution in [0.25, 0.3) is 103 Å². The van der Waals surface area contributed by atoms with Gasteiger partial charge in [-0.25, -0.2) is 0 Å². The summed E-state index contributed by atoms with van der Waals surface area (Å²) in [6, 6.07) is 49.4. The van der Waals surface area contributed by atoms with Crippen molar-refractivity contribution in [1.82, 2.24) is 4.57 Å². The quantitative estimate of drug-likeness (QED) is 0.180. The molecule has 0 saturated heterocycles. The first-order valence-electron chi connectivity index (χ1n) is 23.4. The molecule has 4 nitrogen and oxygen atoms in total. The highest BCUT2D eigenvalue weighted by Gasteiger charge is 2.39. The minimum Gasteiger partial charge on any atom is -0.456 e. The van der Waals surface area contributed by atoms with Crippen LogP contribution in [0.5, 0.6) is 0 Å². The van der Waals surface area contributed by atoms with Crippen molar-refractivity contribution < 1.29 is 8.83 Å². The Morgan fingerprint density at radius 2 is 1.23 bits per heavy atom. The smallest absolute Gasteiger partial charge is 0.198 e. The molecule has 1 aliphatic carbocycles. The first-order valence-corrected chi connectivity index (χ1v) is 24.3. The van der Waals surface area contributed by atoms with Crippen molar-refractivity contribution in [3.05, 3.63) is 150 Å². The molecule has 0 spiro atoms. The Hall–Kier alpha value is -6.76. The average Bonchev–Trinajstić information content (AvgIpc) is 4.06. The van der Waals surface area contributed by atoms with Crippen LogP contribution in [0.2, 0.25) is 0 Å². The summed E-state index contributed by atoms with van der Waals surface area (Å²) in [5.41, 5.74) is 18.4. The number of furan rings is 2. The van der Waals surface area contributed by atoms with Gasteiger partial charge in [0.1, 0.15) is 22.3 Å². The van der Waals surface area contributed by atoms with Gasteiger partial charge in [0.25, 0.3) is 0 Å². The highest BCUT2D eigenvalue weighted by Crippen LogP contribution is 2.53. The fourth-order valence-electron chi connectivity index (χ4n) is 11.8. The second kappa shape index (κ2) is 13.0. The zero-order valence-electron chi connectivity index (χ0n) is 38.4. The number of benzene rings is 8. The molecule has 5 heterocycles. The van der Waals surface area contributed by atoms with Gasteiger partial charge in [-0.05, 0) is 117 Å². The normalized spacial score (nSPS) is 15.4. The molecular formula is C60H48BN2O2S. The van der Waals surface area contributed by atoms with Crippen LogP contribution < -0.4 is 16.2 Å². The van der Waals surface area contributed by atoms with E-state index in [4.69, 9.17) is 8.83 Å². The van der Waals surface area contributed by atoms with Crippen molar-refractivity contribution in [3.63, 3.8) is 0 Å². The third-order valence-corrected chi connectivity index (χ3v) is 16.6. The van der Waals surface area contributed by atoms with Crippen molar-refractivity contribution >= 4 is 127 Å². The molecule has 0 saturated carbocycles. The van der Waals surface area contributed by atoms with Crippen LogP contribution >= 0.6 is 11.3 Å². The number of nitrogens with one attached hydrogen (secondary N) is 1. The summed E-state index contributed by atoms with van der Waals surface area (Å²) >= 11 is 1.92. The number of hydrogen-bond acceptors (Lipinski definition) is 4. The maximum atomic E-state index is 6.65. The van der Waals surface area contributed by atoms with Crippen molar-refractivity contribution in [2.45, 2.75) is 77.6 Å². The first kappa shape index (κ1) is 38.5. The zero-order valence-corrected chi connectivity index (χ0v) is 39.2. The van der Waals surface area contributed by atoms with E-state index in [1.54, 1.807) is 0 Å². The van der Waals surface area contributed by atoms with E-state index in [-0.39, 0.29) is 16.2 Å². The number of aromatic nitrogens is 1. The zero-order chi connectivity index (χ0) is 44.6. The van der Waals surface area contributed by atoms with Crippen LogP contribution in [0, 0.1) is 0 Å². The highest BCUT2D eigenvalue weighted by molar-refractivity contribution is 7.26. The van der Waals surface area contributed by atoms with Gasteiger partial charge in [0.2, 0.25) is 0 Å². The van der Waals surface area contributed by atoms with Crippen molar-refractivity contribution in [1.29, 1.82) is 0 Å². The maximum absolute atomic E-state index is 6.65. The first-order chi connectivity index (χ1) is 31.8. The summed E-state index contributed by atoms with van der Waals surface area (Å²) in [5, 5.41) is 13.7. The highest BCUT2D eigenvalue weighted by atomic mass is 32.1. The van der Waals surface area contributed by atoms with Crippen molar-refractivity contribution in [2.24, 2.45) is 0 Å². The number of anilines is 2. The maximum Gasteiger partial charge on any atom is 0.198 e. The van der Waals surface area contributed by atoms with Gasteiger partial charge in [-0.15, -0.1) is 11.3 Å². The Labute approximate surface area is 388 Å². The molecule has 1 N–H and O–H groups in total. The van der Waals surface area contributed by atoms with E-state index >= 15 is 0 Å². The largest absolute Gasteiger partial charge is 0.456 e. The van der Waals surface area contributed by atoms with Gasteiger partial charge >= 0.3 is 0 Å². The second-order valence-electron chi connectivity index (χ2n) is 21.4. The Morgan fingerprint density at radius 3 is 1.92 bits per heavy atom. The minimum atomic E-state index is 0.0386. The topological polar surface area (TPSA) is 43.2 Å². The standard InChI is InChI=1S/C60H48BN2O2S/c1-58(2,3)32-20-22-33(23-21-32)62-44-31-50-37(34-14-8-11-17-47(34)65-50)26-39(44)54-55-56-52(53-36-16-10-13-19-51(36)66-57(53)54)40-27-41-42(60(6,7)25-24-59(41,4)5)29-45(40)63(56)46-28-38-35-15-9-12-18-48(35)64-49(38)30-43(46)61-55/h8-23,26-31,62H,24-25H2,1-7H3. The van der Waals surface area contributed by atoms with Crippen molar-refractivity contribution in [3.8, 4) is 16.8 Å². The van der Waals surface area contributed by atoms with Crippen molar-refractivity contribution in [2.75, 3.05) is 5.32 Å². The van der Waals surface area contributed by atoms with E-state index in [1.807, 2.05) is 11.3 Å². The molecular weight excluding hydrogens is 824 g/mol. The second-order valence-corrected chi connectivity index (χ2v) is 22.5. The summed E-state index contributed by atoms with van der Waals surface area (Å²) in [7, 11) is 2.47. The van der Waals surface area contributed by atoms with E-state index in [0.29, 0.717) is 0 Å². The van der Waals surface area contributed by atoms with Crippen LogP contribution in [0.1, 0.15) is 78.0 Å². The number of thiophene rings is 1. The number of nitrogens with zero attached hydrogens (tertiary/aromatic N) is 1. The molecule has 0 unspecified atom stereocenters. The molecule has 6 heteroatoms. The Kier molecular flexibility index (Phi) is 7.58. The molecule has 66 heavy (non-hydrogen) atoms. The fraction of sp³-hybridized carbons (Fsp3) is 0.200. The molecule has 1 radical (unpaired) electrons. The molecule has 14 rings (SSSR count). The number of fused-ring (bicyclic) bond motifs is 16. The fourth-order valence-corrected chi connectivity index (χ4v) is 13.0. The molecule has 1 aliphatic heterocycles. The van der Waals surface area contributed by atoms with Gasteiger partial charge in [-0.1, -0.05) is 121 Å². The molecule has 319 valence electrons. The molecule has 8 aromatic carbocycles. The van der Waals surface area contributed by atoms with Gasteiger partial charge in [0.05, 0.1) is 11.2 Å². The number of rotatable bonds is 3. The van der Waals surface area contributed by atoms with E-state index in [1.165, 1.54) is 75.4 Å². The lowest BCUT2D eigenvalue weighted by Crippen LogP contribution is -2.37. The van der Waals surface area contributed by atoms with Gasteiger partial charge in [0, 0.05) is 81.0 Å². The summed E-state index contributed by atoms with van der Waals surface area (Å²) < 4.78 is 18.5. The predicted molar refractivity (Wildman–Crippen MR) is 282 cm³/mol. The Morgan fingerprint density at radius 1 is 0.606 bits per heavy atom. The Balaban J connectivity index is 1.17. The molecule has 4 aromatic heterocycles. The van der Waals surface area contributed by atoms with E-state index in [2.05, 4.69) is 199 Å². The van der Waals surface area contributed by atoms with Crippen LogP contribution in [-0.2, 0) is 16.2 Å². The van der Waals surface area contributed by atoms with Gasteiger partial charge in [-0.2, -0.15) is 0 Å². The van der Waals surface area contributed by atoms with E-state index in [9.17, 15) is 0 Å². The predicted octanol–water partition coefficient (Wildman–Crippen LogP) is 16.0. The summed E-state index contributed by atoms with van der Waals surface area (Å²) in [6.07, 6.45) is 2.31. The lowest BCUT2D eigenvalue weighted by Gasteiger charge is -2.42. The molecule has 12 aromatic rings. The average molecular weight is 872 g/mol. The van der Waals surface area contributed by atoms with Crippen LogP contribution in [-0.4, -0.2) is 11.8 Å². The van der Waals surface area contributed by atoms with Crippen LogP contribution in [0.3, 0.4) is 0 Å². The number of para-hydroxylation sites is 2. The molecule has 0 atom stereocenters. The lowest BCUT2D eigenvalue weighted by atomic mass is 9.58. The van der Waals surface area contributed by atoms with Gasteiger partial charge in [0.15, 0.2) is 7.28 Å². The summed E-state index contributed by atoms with van der Waals surface area (Å²) in [5.74, 6) is 0. The third-order valence-electron chi connectivity index (χ3n) is 15.4.